The van der Waals surface area contributed by atoms with Crippen LogP contribution in [0.5, 0.6) is 0 Å². The van der Waals surface area contributed by atoms with Gasteiger partial charge >= 0.3 is 0 Å². The van der Waals surface area contributed by atoms with Gasteiger partial charge < -0.3 is 5.32 Å². The Hall–Kier alpha value is -2.12. The molecule has 1 aromatic carbocycles. The van der Waals surface area contributed by atoms with Gasteiger partial charge in [0, 0.05) is 39.2 Å². The highest BCUT2D eigenvalue weighted by Gasteiger charge is 2.14. The Labute approximate surface area is 155 Å². The zero-order valence-electron chi connectivity index (χ0n) is 14.0. The zero-order valence-corrected chi connectivity index (χ0v) is 15.6. The van der Waals surface area contributed by atoms with Gasteiger partial charge in [0.25, 0.3) is 5.78 Å². The topological polar surface area (TPSA) is 72.2 Å². The lowest BCUT2D eigenvalue weighted by Crippen LogP contribution is -2.28. The highest BCUT2D eigenvalue weighted by atomic mass is 35.5. The van der Waals surface area contributed by atoms with Gasteiger partial charge in [0.1, 0.15) is 6.33 Å². The van der Waals surface area contributed by atoms with Crippen LogP contribution in [0.2, 0.25) is 5.02 Å². The van der Waals surface area contributed by atoms with Crippen LogP contribution in [0.4, 0.5) is 0 Å². The maximum absolute atomic E-state index is 12.2. The third kappa shape index (κ3) is 4.29. The van der Waals surface area contributed by atoms with E-state index in [0.29, 0.717) is 12.3 Å². The van der Waals surface area contributed by atoms with Crippen molar-refractivity contribution >= 4 is 35.0 Å². The fraction of sp³-hybridized carbons (Fsp3) is 0.294. The van der Waals surface area contributed by atoms with Gasteiger partial charge in [-0.3, -0.25) is 4.79 Å². The van der Waals surface area contributed by atoms with E-state index in [1.54, 1.807) is 16.3 Å². The molecule has 1 amide bonds. The third-order valence-corrected chi connectivity index (χ3v) is 5.10. The van der Waals surface area contributed by atoms with Crippen molar-refractivity contribution < 1.29 is 4.79 Å². The van der Waals surface area contributed by atoms with Gasteiger partial charge in [-0.1, -0.05) is 11.6 Å². The van der Waals surface area contributed by atoms with Crippen LogP contribution in [0.25, 0.3) is 5.78 Å². The molecule has 25 heavy (non-hydrogen) atoms. The molecule has 0 fully saturated rings. The number of nitrogens with one attached hydrogen (secondary N) is 1. The molecule has 0 atom stereocenters. The van der Waals surface area contributed by atoms with Gasteiger partial charge in [0.2, 0.25) is 5.91 Å². The number of thioether (sulfide) groups is 1. The predicted octanol–water partition coefficient (Wildman–Crippen LogP) is 2.85. The molecule has 0 aliphatic carbocycles. The Bertz CT molecular complexity index is 894. The lowest BCUT2D eigenvalue weighted by Gasteiger charge is -2.10. The largest absolute Gasteiger partial charge is 0.355 e. The van der Waals surface area contributed by atoms with Crippen LogP contribution in [0, 0.1) is 13.8 Å². The van der Waals surface area contributed by atoms with Crippen molar-refractivity contribution in [2.45, 2.75) is 25.2 Å². The lowest BCUT2D eigenvalue weighted by molar-refractivity contribution is -0.120. The van der Waals surface area contributed by atoms with E-state index in [1.165, 1.54) is 6.33 Å². The van der Waals surface area contributed by atoms with Gasteiger partial charge in [0.05, 0.1) is 6.42 Å². The first kappa shape index (κ1) is 17.7. The van der Waals surface area contributed by atoms with Crippen LogP contribution in [0.1, 0.15) is 17.0 Å². The van der Waals surface area contributed by atoms with Gasteiger partial charge in [-0.2, -0.15) is 10.1 Å². The van der Waals surface area contributed by atoms with E-state index in [4.69, 9.17) is 11.6 Å². The molecule has 130 valence electrons. The highest BCUT2D eigenvalue weighted by Crippen LogP contribution is 2.19. The number of aromatic nitrogens is 4. The van der Waals surface area contributed by atoms with Crippen molar-refractivity contribution in [3.63, 3.8) is 0 Å². The second kappa shape index (κ2) is 7.84. The maximum Gasteiger partial charge on any atom is 0.252 e. The molecule has 2 aromatic heterocycles. The summed E-state index contributed by atoms with van der Waals surface area (Å²) >= 11 is 7.54. The summed E-state index contributed by atoms with van der Waals surface area (Å²) in [6, 6.07) is 7.67. The summed E-state index contributed by atoms with van der Waals surface area (Å²) in [5.41, 5.74) is 2.59. The van der Waals surface area contributed by atoms with Gasteiger partial charge in [-0.15, -0.1) is 11.8 Å². The summed E-state index contributed by atoms with van der Waals surface area (Å²) in [5.74, 6) is 1.33. The molecule has 0 bridgehead atoms. The van der Waals surface area contributed by atoms with E-state index < -0.39 is 0 Å². The Morgan fingerprint density at radius 3 is 2.80 bits per heavy atom. The van der Waals surface area contributed by atoms with E-state index in [2.05, 4.69) is 20.4 Å². The van der Waals surface area contributed by atoms with Crippen molar-refractivity contribution in [1.82, 2.24) is 24.9 Å². The molecule has 0 unspecified atom stereocenters. The number of carbonyl (C=O) groups excluding carboxylic acids is 1. The standard InChI is InChI=1S/C17H18ClN5OS/c1-11-15(12(2)23-17(22-11)20-10-21-23)9-16(24)19-7-8-25-14-5-3-13(18)4-6-14/h3-6,10H,7-9H2,1-2H3,(H,19,24). The average molecular weight is 376 g/mol. The molecular weight excluding hydrogens is 358 g/mol. The van der Waals surface area contributed by atoms with Crippen molar-refractivity contribution in [3.8, 4) is 0 Å². The summed E-state index contributed by atoms with van der Waals surface area (Å²) in [5, 5.41) is 7.81. The summed E-state index contributed by atoms with van der Waals surface area (Å²) in [4.78, 5) is 21.8. The van der Waals surface area contributed by atoms with E-state index in [9.17, 15) is 4.79 Å². The summed E-state index contributed by atoms with van der Waals surface area (Å²) in [6.07, 6.45) is 1.75. The normalized spacial score (nSPS) is 11.0. The van der Waals surface area contributed by atoms with Crippen molar-refractivity contribution in [3.05, 3.63) is 52.6 Å². The zero-order chi connectivity index (χ0) is 17.8. The molecule has 6 nitrogen and oxygen atoms in total. The molecule has 3 aromatic rings. The van der Waals surface area contributed by atoms with Crippen LogP contribution in [0.3, 0.4) is 0 Å². The third-order valence-electron chi connectivity index (χ3n) is 3.83. The van der Waals surface area contributed by atoms with E-state index in [1.807, 2.05) is 38.1 Å². The fourth-order valence-corrected chi connectivity index (χ4v) is 3.42. The predicted molar refractivity (Wildman–Crippen MR) is 99.1 cm³/mol. The quantitative estimate of drug-likeness (QED) is 0.529. The number of benzene rings is 1. The molecule has 8 heteroatoms. The maximum atomic E-state index is 12.2. The minimum absolute atomic E-state index is 0.0239. The first-order valence-corrected chi connectivity index (χ1v) is 9.22. The Balaban J connectivity index is 1.53. The summed E-state index contributed by atoms with van der Waals surface area (Å²) in [6.45, 7) is 4.42. The fourth-order valence-electron chi connectivity index (χ4n) is 2.52. The van der Waals surface area contributed by atoms with E-state index >= 15 is 0 Å². The minimum atomic E-state index is -0.0239. The summed E-state index contributed by atoms with van der Waals surface area (Å²) < 4.78 is 1.66. The molecule has 2 heterocycles. The number of hydrogen-bond acceptors (Lipinski definition) is 5. The van der Waals surface area contributed by atoms with Crippen LogP contribution in [0.15, 0.2) is 35.5 Å². The summed E-state index contributed by atoms with van der Waals surface area (Å²) in [7, 11) is 0. The minimum Gasteiger partial charge on any atom is -0.355 e. The number of carbonyl (C=O) groups is 1. The van der Waals surface area contributed by atoms with Crippen LogP contribution >= 0.6 is 23.4 Å². The van der Waals surface area contributed by atoms with Crippen LogP contribution in [-0.4, -0.2) is 37.8 Å². The van der Waals surface area contributed by atoms with Crippen molar-refractivity contribution in [2.75, 3.05) is 12.3 Å². The molecule has 3 rings (SSSR count). The number of hydrogen-bond donors (Lipinski definition) is 1. The van der Waals surface area contributed by atoms with Crippen LogP contribution < -0.4 is 5.32 Å². The smallest absolute Gasteiger partial charge is 0.252 e. The monoisotopic (exact) mass is 375 g/mol. The molecule has 0 aliphatic heterocycles. The molecular formula is C17H18ClN5OS. The lowest BCUT2D eigenvalue weighted by atomic mass is 10.1. The Morgan fingerprint density at radius 2 is 2.04 bits per heavy atom. The number of fused-ring (bicyclic) bond motifs is 1. The number of rotatable bonds is 6. The molecule has 0 aliphatic rings. The second-order valence-corrected chi connectivity index (χ2v) is 7.17. The van der Waals surface area contributed by atoms with E-state index in [0.717, 1.165) is 32.6 Å². The van der Waals surface area contributed by atoms with Crippen molar-refractivity contribution in [2.24, 2.45) is 0 Å². The average Bonchev–Trinajstić information content (AvgIpc) is 3.05. The molecule has 0 saturated carbocycles. The number of amides is 1. The number of halogens is 1. The van der Waals surface area contributed by atoms with Gasteiger partial charge in [-0.25, -0.2) is 9.50 Å². The number of aryl methyl sites for hydroxylation is 2. The highest BCUT2D eigenvalue weighted by molar-refractivity contribution is 7.99. The Kier molecular flexibility index (Phi) is 5.55. The van der Waals surface area contributed by atoms with E-state index in [-0.39, 0.29) is 12.3 Å². The number of nitrogens with zero attached hydrogens (tertiary/aromatic N) is 4. The van der Waals surface area contributed by atoms with Gasteiger partial charge in [0.15, 0.2) is 0 Å². The molecule has 1 N–H and O–H groups in total. The first-order chi connectivity index (χ1) is 12.0. The SMILES string of the molecule is Cc1nc2ncnn2c(C)c1CC(=O)NCCSc1ccc(Cl)cc1. The molecule has 0 saturated heterocycles. The van der Waals surface area contributed by atoms with Crippen LogP contribution in [-0.2, 0) is 11.2 Å². The van der Waals surface area contributed by atoms with Crippen molar-refractivity contribution in [1.29, 1.82) is 0 Å². The molecule has 0 radical (unpaired) electrons. The second-order valence-electron chi connectivity index (χ2n) is 5.56. The first-order valence-electron chi connectivity index (χ1n) is 7.85. The molecule has 0 spiro atoms. The van der Waals surface area contributed by atoms with Gasteiger partial charge in [-0.05, 0) is 38.1 Å². The Morgan fingerprint density at radius 1 is 1.28 bits per heavy atom.